The maximum Gasteiger partial charge on any atom is 0.201 e. The Hall–Kier alpha value is -2.73. The van der Waals surface area contributed by atoms with Gasteiger partial charge in [-0.1, -0.05) is 11.6 Å². The Balaban J connectivity index is 2.15. The first-order valence-electron chi connectivity index (χ1n) is 6.15. The molecule has 6 nitrogen and oxygen atoms in total. The van der Waals surface area contributed by atoms with Gasteiger partial charge in [-0.2, -0.15) is 0 Å². The molecule has 0 saturated heterocycles. The van der Waals surface area contributed by atoms with Crippen molar-refractivity contribution in [1.29, 1.82) is 0 Å². The molecule has 0 atom stereocenters. The molecule has 0 aliphatic heterocycles. The van der Waals surface area contributed by atoms with Gasteiger partial charge in [-0.05, 0) is 30.3 Å². The van der Waals surface area contributed by atoms with Crippen molar-refractivity contribution in [2.24, 2.45) is 4.99 Å². The van der Waals surface area contributed by atoms with Gasteiger partial charge in [0, 0.05) is 16.8 Å². The number of aliphatic imine (C=N–C) groups is 1. The van der Waals surface area contributed by atoms with Gasteiger partial charge in [-0.3, -0.25) is 9.79 Å². The van der Waals surface area contributed by atoms with Crippen LogP contribution in [0.2, 0.25) is 5.02 Å². The van der Waals surface area contributed by atoms with Gasteiger partial charge in [0.2, 0.25) is 5.75 Å². The number of halogens is 1. The van der Waals surface area contributed by atoms with Crippen molar-refractivity contribution < 1.29 is 25.2 Å². The van der Waals surface area contributed by atoms with Crippen LogP contribution < -0.4 is 0 Å². The van der Waals surface area contributed by atoms with Gasteiger partial charge in [-0.15, -0.1) is 0 Å². The third-order valence-electron chi connectivity index (χ3n) is 2.89. The topological polar surface area (TPSA) is 110 Å². The van der Waals surface area contributed by atoms with E-state index in [0.29, 0.717) is 10.6 Å². The van der Waals surface area contributed by atoms with Crippen LogP contribution in [0.25, 0.3) is 0 Å². The Morgan fingerprint density at radius 3 is 2.45 bits per heavy atom. The quantitative estimate of drug-likeness (QED) is 0.393. The van der Waals surface area contributed by atoms with Crippen LogP contribution in [0.3, 0.4) is 0 Å². The molecule has 2 rings (SSSR count). The first-order chi connectivity index (χ1) is 10.4. The molecule has 0 spiro atoms. The zero-order valence-corrected chi connectivity index (χ0v) is 11.9. The Labute approximate surface area is 130 Å². The Kier molecular flexibility index (Phi) is 4.53. The third kappa shape index (κ3) is 3.29. The highest BCUT2D eigenvalue weighted by Crippen LogP contribution is 2.37. The number of phenols is 4. The molecule has 4 N–H and O–H groups in total. The van der Waals surface area contributed by atoms with Crippen LogP contribution in [0.4, 0.5) is 0 Å². The fourth-order valence-corrected chi connectivity index (χ4v) is 1.92. The monoisotopic (exact) mass is 321 g/mol. The van der Waals surface area contributed by atoms with Gasteiger partial charge in [0.25, 0.3) is 0 Å². The van der Waals surface area contributed by atoms with E-state index in [1.54, 1.807) is 0 Å². The molecule has 0 bridgehead atoms. The molecule has 0 radical (unpaired) electrons. The number of carbonyl (C=O) groups is 1. The Morgan fingerprint density at radius 1 is 1.05 bits per heavy atom. The third-order valence-corrected chi connectivity index (χ3v) is 3.12. The molecule has 2 aromatic rings. The molecule has 0 unspecified atom stereocenters. The molecule has 2 aromatic carbocycles. The fraction of sp³-hybridized carbons (Fsp3) is 0.0667. The maximum atomic E-state index is 11.9. The van der Waals surface area contributed by atoms with Crippen molar-refractivity contribution in [3.8, 4) is 23.0 Å². The van der Waals surface area contributed by atoms with E-state index >= 15 is 0 Å². The number of benzene rings is 2. The lowest BCUT2D eigenvalue weighted by Gasteiger charge is -2.05. The summed E-state index contributed by atoms with van der Waals surface area (Å²) in [6.45, 7) is -0.316. The summed E-state index contributed by atoms with van der Waals surface area (Å²) >= 11 is 5.78. The van der Waals surface area contributed by atoms with Gasteiger partial charge in [0.05, 0.1) is 5.56 Å². The van der Waals surface area contributed by atoms with Crippen molar-refractivity contribution in [2.45, 2.75) is 0 Å². The van der Waals surface area contributed by atoms with Gasteiger partial charge in [0.15, 0.2) is 17.3 Å². The number of hydrogen-bond donors (Lipinski definition) is 4. The van der Waals surface area contributed by atoms with Gasteiger partial charge in [0.1, 0.15) is 12.3 Å². The predicted octanol–water partition coefficient (Wildman–Crippen LogP) is 2.46. The minimum absolute atomic E-state index is 0.0364. The fourth-order valence-electron chi connectivity index (χ4n) is 1.73. The lowest BCUT2D eigenvalue weighted by atomic mass is 10.1. The van der Waals surface area contributed by atoms with Crippen molar-refractivity contribution >= 4 is 23.6 Å². The first kappa shape index (κ1) is 15.7. The van der Waals surface area contributed by atoms with Crippen LogP contribution in [-0.2, 0) is 0 Å². The van der Waals surface area contributed by atoms with E-state index < -0.39 is 23.0 Å². The van der Waals surface area contributed by atoms with Crippen molar-refractivity contribution in [2.75, 3.05) is 6.54 Å². The van der Waals surface area contributed by atoms with Crippen LogP contribution in [0.15, 0.2) is 35.3 Å². The summed E-state index contributed by atoms with van der Waals surface area (Å²) in [6, 6.07) is 6.66. The number of ketones is 1. The smallest absolute Gasteiger partial charge is 0.201 e. The molecule has 22 heavy (non-hydrogen) atoms. The number of aromatic hydroxyl groups is 4. The highest BCUT2D eigenvalue weighted by atomic mass is 35.5. The average molecular weight is 322 g/mol. The zero-order valence-electron chi connectivity index (χ0n) is 11.2. The molecule has 0 aliphatic rings. The van der Waals surface area contributed by atoms with E-state index in [2.05, 4.69) is 4.99 Å². The maximum absolute atomic E-state index is 11.9. The van der Waals surface area contributed by atoms with Crippen LogP contribution in [0.1, 0.15) is 15.9 Å². The summed E-state index contributed by atoms with van der Waals surface area (Å²) in [5.41, 5.74) is 0.181. The lowest BCUT2D eigenvalue weighted by Crippen LogP contribution is -2.04. The predicted molar refractivity (Wildman–Crippen MR) is 81.3 cm³/mol. The molecule has 0 aliphatic carbocycles. The summed E-state index contributed by atoms with van der Waals surface area (Å²) < 4.78 is 0. The summed E-state index contributed by atoms with van der Waals surface area (Å²) in [4.78, 5) is 15.8. The molecular weight excluding hydrogens is 310 g/mol. The van der Waals surface area contributed by atoms with Gasteiger partial charge >= 0.3 is 0 Å². The highest BCUT2D eigenvalue weighted by Gasteiger charge is 2.16. The van der Waals surface area contributed by atoms with Gasteiger partial charge < -0.3 is 20.4 Å². The molecule has 0 saturated carbocycles. The second-order valence-corrected chi connectivity index (χ2v) is 4.86. The normalized spacial score (nSPS) is 11.0. The lowest BCUT2D eigenvalue weighted by molar-refractivity contribution is 0.0999. The van der Waals surface area contributed by atoms with Crippen molar-refractivity contribution in [3.63, 3.8) is 0 Å². The molecular formula is C15H12ClNO5. The summed E-state index contributed by atoms with van der Waals surface area (Å²) in [5, 5.41) is 38.2. The summed E-state index contributed by atoms with van der Waals surface area (Å²) in [7, 11) is 0. The minimum Gasteiger partial charge on any atom is -0.507 e. The van der Waals surface area contributed by atoms with E-state index in [0.717, 1.165) is 6.07 Å². The van der Waals surface area contributed by atoms with Crippen molar-refractivity contribution in [3.05, 3.63) is 46.5 Å². The molecule has 0 amide bonds. The summed E-state index contributed by atoms with van der Waals surface area (Å²) in [5.74, 6) is -2.59. The van der Waals surface area contributed by atoms with E-state index in [9.17, 15) is 25.2 Å². The average Bonchev–Trinajstić information content (AvgIpc) is 2.48. The Morgan fingerprint density at radius 2 is 1.73 bits per heavy atom. The van der Waals surface area contributed by atoms with Crippen LogP contribution in [0.5, 0.6) is 23.0 Å². The molecule has 114 valence electrons. The number of nitrogens with zero attached hydrogens (tertiary/aromatic N) is 1. The van der Waals surface area contributed by atoms with Gasteiger partial charge in [-0.25, -0.2) is 0 Å². The standard InChI is InChI=1S/C15H12ClNO5/c16-9-1-3-11(18)8(5-9)6-17-7-13(20)10-2-4-12(19)15(22)14(10)21/h1-6,18-19,21-22H,7H2. The number of rotatable bonds is 4. The van der Waals surface area contributed by atoms with E-state index in [-0.39, 0.29) is 17.9 Å². The second-order valence-electron chi connectivity index (χ2n) is 4.43. The molecule has 7 heteroatoms. The Bertz CT molecular complexity index is 758. The summed E-state index contributed by atoms with van der Waals surface area (Å²) in [6.07, 6.45) is 1.27. The number of phenolic OH excluding ortho intramolecular Hbond substituents is 4. The van der Waals surface area contributed by atoms with Crippen LogP contribution in [-0.4, -0.2) is 39.0 Å². The number of Topliss-reactive ketones (excluding diaryl/α,β-unsaturated/α-hetero) is 1. The SMILES string of the molecule is O=C(CN=Cc1cc(Cl)ccc1O)c1ccc(O)c(O)c1O. The minimum atomic E-state index is -0.762. The number of hydrogen-bond acceptors (Lipinski definition) is 6. The largest absolute Gasteiger partial charge is 0.507 e. The van der Waals surface area contributed by atoms with Crippen LogP contribution in [0, 0.1) is 0 Å². The number of carbonyl (C=O) groups excluding carboxylic acids is 1. The van der Waals surface area contributed by atoms with Crippen molar-refractivity contribution in [1.82, 2.24) is 0 Å². The molecule has 0 aromatic heterocycles. The molecule has 0 heterocycles. The van der Waals surface area contributed by atoms with E-state index in [1.807, 2.05) is 0 Å². The van der Waals surface area contributed by atoms with E-state index in [4.69, 9.17) is 11.6 Å². The van der Waals surface area contributed by atoms with Crippen LogP contribution >= 0.6 is 11.6 Å². The van der Waals surface area contributed by atoms with E-state index in [1.165, 1.54) is 30.5 Å². The zero-order chi connectivity index (χ0) is 16.3. The highest BCUT2D eigenvalue weighted by molar-refractivity contribution is 6.30. The second kappa shape index (κ2) is 6.36. The first-order valence-corrected chi connectivity index (χ1v) is 6.53. The molecule has 0 fully saturated rings.